The van der Waals surface area contributed by atoms with E-state index in [0.717, 1.165) is 29.0 Å². The number of nitrogens with one attached hydrogen (secondary N) is 1. The second-order valence-electron chi connectivity index (χ2n) is 5.89. The minimum atomic E-state index is -0.413. The van der Waals surface area contributed by atoms with Crippen LogP contribution in [0.15, 0.2) is 24.3 Å². The third kappa shape index (κ3) is 4.85. The Morgan fingerprint density at radius 3 is 2.42 bits per heavy atom. The van der Waals surface area contributed by atoms with Crippen LogP contribution in [0.1, 0.15) is 57.8 Å². The summed E-state index contributed by atoms with van der Waals surface area (Å²) in [5.74, 6) is 0.0613. The van der Waals surface area contributed by atoms with Crippen LogP contribution < -0.4 is 10.1 Å². The molecule has 0 radical (unpaired) electrons. The van der Waals surface area contributed by atoms with Gasteiger partial charge in [-0.1, -0.05) is 13.3 Å². The first-order valence-corrected chi connectivity index (χ1v) is 9.60. The number of carbonyl (C=O) groups is 2. The summed E-state index contributed by atoms with van der Waals surface area (Å²) in [4.78, 5) is 25.7. The van der Waals surface area contributed by atoms with Gasteiger partial charge in [0.25, 0.3) is 5.91 Å². The van der Waals surface area contributed by atoms with Crippen molar-refractivity contribution in [3.05, 3.63) is 45.8 Å². The molecule has 2 rings (SSSR count). The van der Waals surface area contributed by atoms with Crippen molar-refractivity contribution >= 4 is 28.2 Å². The molecule has 1 aromatic carbocycles. The molecule has 1 heterocycles. The molecule has 0 aliphatic rings. The molecule has 2 aromatic rings. The van der Waals surface area contributed by atoms with Gasteiger partial charge in [-0.05, 0) is 57.0 Å². The molecule has 26 heavy (non-hydrogen) atoms. The lowest BCUT2D eigenvalue weighted by molar-refractivity contribution is 0.0527. The molecule has 1 N–H and O–H groups in total. The Kier molecular flexibility index (Phi) is 7.21. The van der Waals surface area contributed by atoms with Crippen molar-refractivity contribution in [3.8, 4) is 5.75 Å². The first-order valence-electron chi connectivity index (χ1n) is 8.79. The normalized spacial score (nSPS) is 10.5. The number of thiophene rings is 1. The van der Waals surface area contributed by atoms with Gasteiger partial charge in [-0.25, -0.2) is 4.79 Å². The molecule has 0 fully saturated rings. The molecule has 0 aliphatic heterocycles. The maximum Gasteiger partial charge on any atom is 0.341 e. The van der Waals surface area contributed by atoms with Gasteiger partial charge in [-0.2, -0.15) is 0 Å². The molecule has 0 aliphatic carbocycles. The number of amides is 1. The highest BCUT2D eigenvalue weighted by atomic mass is 32.1. The number of carbonyl (C=O) groups excluding carboxylic acids is 2. The van der Waals surface area contributed by atoms with Crippen molar-refractivity contribution < 1.29 is 19.1 Å². The highest BCUT2D eigenvalue weighted by Crippen LogP contribution is 2.33. The van der Waals surface area contributed by atoms with Crippen LogP contribution in [-0.4, -0.2) is 25.1 Å². The SMILES string of the molecule is CCCCOc1ccc(C(=O)Nc2sc(C)c(C)c2C(=O)OCC)cc1. The Bertz CT molecular complexity index is 765. The number of aryl methyl sites for hydroxylation is 1. The fourth-order valence-electron chi connectivity index (χ4n) is 2.38. The quantitative estimate of drug-likeness (QED) is 0.522. The zero-order valence-electron chi connectivity index (χ0n) is 15.7. The average molecular weight is 375 g/mol. The fraction of sp³-hybridized carbons (Fsp3) is 0.400. The molecule has 0 unspecified atom stereocenters. The molecular weight excluding hydrogens is 350 g/mol. The van der Waals surface area contributed by atoms with Crippen LogP contribution in [0.25, 0.3) is 0 Å². The van der Waals surface area contributed by atoms with Gasteiger partial charge < -0.3 is 14.8 Å². The van der Waals surface area contributed by atoms with Crippen LogP contribution in [0.5, 0.6) is 5.75 Å². The van der Waals surface area contributed by atoms with Gasteiger partial charge in [0.05, 0.1) is 18.8 Å². The molecule has 140 valence electrons. The Morgan fingerprint density at radius 2 is 1.81 bits per heavy atom. The van der Waals surface area contributed by atoms with Crippen LogP contribution >= 0.6 is 11.3 Å². The van der Waals surface area contributed by atoms with Crippen LogP contribution in [-0.2, 0) is 4.74 Å². The molecule has 1 amide bonds. The highest BCUT2D eigenvalue weighted by molar-refractivity contribution is 7.16. The zero-order valence-corrected chi connectivity index (χ0v) is 16.5. The smallest absolute Gasteiger partial charge is 0.341 e. The van der Waals surface area contributed by atoms with E-state index in [1.807, 2.05) is 13.8 Å². The average Bonchev–Trinajstić information content (AvgIpc) is 2.89. The van der Waals surface area contributed by atoms with E-state index in [4.69, 9.17) is 9.47 Å². The Hall–Kier alpha value is -2.34. The van der Waals surface area contributed by atoms with E-state index < -0.39 is 5.97 Å². The Balaban J connectivity index is 2.12. The first-order chi connectivity index (χ1) is 12.5. The summed E-state index contributed by atoms with van der Waals surface area (Å²) in [5.41, 5.74) is 1.77. The molecule has 0 atom stereocenters. The van der Waals surface area contributed by atoms with Crippen LogP contribution in [0.4, 0.5) is 5.00 Å². The van der Waals surface area contributed by atoms with E-state index in [2.05, 4.69) is 12.2 Å². The lowest BCUT2D eigenvalue weighted by Gasteiger charge is -2.08. The van der Waals surface area contributed by atoms with Gasteiger partial charge in [0.1, 0.15) is 10.8 Å². The monoisotopic (exact) mass is 375 g/mol. The molecule has 0 saturated heterocycles. The maximum atomic E-state index is 12.5. The van der Waals surface area contributed by atoms with E-state index >= 15 is 0 Å². The fourth-order valence-corrected chi connectivity index (χ4v) is 3.42. The van der Waals surface area contributed by atoms with Crippen LogP contribution in [0, 0.1) is 13.8 Å². The summed E-state index contributed by atoms with van der Waals surface area (Å²) < 4.78 is 10.7. The van der Waals surface area contributed by atoms with E-state index in [1.54, 1.807) is 31.2 Å². The standard InChI is InChI=1S/C20H25NO4S/c1-5-7-12-25-16-10-8-15(9-11-16)18(22)21-19-17(20(23)24-6-2)13(3)14(4)26-19/h8-11H,5-7,12H2,1-4H3,(H,21,22). The van der Waals surface area contributed by atoms with Gasteiger partial charge in [0, 0.05) is 10.4 Å². The number of hydrogen-bond donors (Lipinski definition) is 1. The van der Waals surface area contributed by atoms with Crippen LogP contribution in [0.2, 0.25) is 0 Å². The summed E-state index contributed by atoms with van der Waals surface area (Å²) in [6, 6.07) is 6.99. The number of anilines is 1. The number of rotatable bonds is 8. The Labute approximate surface area is 158 Å². The molecular formula is C20H25NO4S. The minimum absolute atomic E-state index is 0.267. The van der Waals surface area contributed by atoms with Crippen molar-refractivity contribution in [1.29, 1.82) is 0 Å². The van der Waals surface area contributed by atoms with Crippen LogP contribution in [0.3, 0.4) is 0 Å². The van der Waals surface area contributed by atoms with E-state index in [9.17, 15) is 9.59 Å². The van der Waals surface area contributed by atoms with Gasteiger partial charge in [-0.3, -0.25) is 4.79 Å². The first kappa shape index (κ1) is 20.0. The summed E-state index contributed by atoms with van der Waals surface area (Å²) in [7, 11) is 0. The van der Waals surface area contributed by atoms with E-state index in [1.165, 1.54) is 11.3 Å². The summed E-state index contributed by atoms with van der Waals surface area (Å²) in [6.07, 6.45) is 2.07. The van der Waals surface area contributed by atoms with Gasteiger partial charge >= 0.3 is 5.97 Å². The molecule has 5 nitrogen and oxygen atoms in total. The highest BCUT2D eigenvalue weighted by Gasteiger charge is 2.22. The van der Waals surface area contributed by atoms with E-state index in [0.29, 0.717) is 29.3 Å². The van der Waals surface area contributed by atoms with Gasteiger partial charge in [-0.15, -0.1) is 11.3 Å². The third-order valence-electron chi connectivity index (χ3n) is 3.98. The molecule has 0 spiro atoms. The Morgan fingerprint density at radius 1 is 1.12 bits per heavy atom. The topological polar surface area (TPSA) is 64.6 Å². The number of hydrogen-bond acceptors (Lipinski definition) is 5. The second kappa shape index (κ2) is 9.38. The number of benzene rings is 1. The number of esters is 1. The lowest BCUT2D eigenvalue weighted by Crippen LogP contribution is -2.14. The minimum Gasteiger partial charge on any atom is -0.494 e. The van der Waals surface area contributed by atoms with Crippen molar-refractivity contribution in [2.24, 2.45) is 0 Å². The van der Waals surface area contributed by atoms with Gasteiger partial charge in [0.15, 0.2) is 0 Å². The number of unbranched alkanes of at least 4 members (excludes halogenated alkanes) is 1. The summed E-state index contributed by atoms with van der Waals surface area (Å²) in [6.45, 7) is 8.60. The summed E-state index contributed by atoms with van der Waals surface area (Å²) in [5, 5.41) is 3.36. The molecule has 0 saturated carbocycles. The largest absolute Gasteiger partial charge is 0.494 e. The third-order valence-corrected chi connectivity index (χ3v) is 5.10. The predicted molar refractivity (Wildman–Crippen MR) is 105 cm³/mol. The lowest BCUT2D eigenvalue weighted by atomic mass is 10.1. The van der Waals surface area contributed by atoms with Gasteiger partial charge in [0.2, 0.25) is 0 Å². The number of ether oxygens (including phenoxy) is 2. The predicted octanol–water partition coefficient (Wildman–Crippen LogP) is 4.97. The van der Waals surface area contributed by atoms with E-state index in [-0.39, 0.29) is 5.91 Å². The van der Waals surface area contributed by atoms with Crippen molar-refractivity contribution in [2.45, 2.75) is 40.5 Å². The molecule has 6 heteroatoms. The second-order valence-corrected chi connectivity index (χ2v) is 7.11. The van der Waals surface area contributed by atoms with Crippen molar-refractivity contribution in [3.63, 3.8) is 0 Å². The molecule has 0 bridgehead atoms. The van der Waals surface area contributed by atoms with Crippen molar-refractivity contribution in [1.82, 2.24) is 0 Å². The maximum absolute atomic E-state index is 12.5. The van der Waals surface area contributed by atoms with Crippen molar-refractivity contribution in [2.75, 3.05) is 18.5 Å². The molecule has 1 aromatic heterocycles. The zero-order chi connectivity index (χ0) is 19.1. The summed E-state index contributed by atoms with van der Waals surface area (Å²) >= 11 is 1.38.